The van der Waals surface area contributed by atoms with Crippen LogP contribution in [0.1, 0.15) is 31.4 Å². The van der Waals surface area contributed by atoms with Gasteiger partial charge in [-0.1, -0.05) is 18.2 Å². The lowest BCUT2D eigenvalue weighted by molar-refractivity contribution is -0.0175. The summed E-state index contributed by atoms with van der Waals surface area (Å²) in [5.74, 6) is -0.196. The van der Waals surface area contributed by atoms with Crippen LogP contribution >= 0.6 is 0 Å². The van der Waals surface area contributed by atoms with Gasteiger partial charge in [0.15, 0.2) is 0 Å². The Labute approximate surface area is 125 Å². The molecular weight excluding hydrogens is 271 g/mol. The number of ether oxygens (including phenoxy) is 1. The summed E-state index contributed by atoms with van der Waals surface area (Å²) >= 11 is 0. The molecule has 1 aromatic carbocycles. The van der Waals surface area contributed by atoms with Crippen LogP contribution < -0.4 is 5.73 Å². The highest BCUT2D eigenvalue weighted by atomic mass is 19.1. The topological polar surface area (TPSA) is 58.7 Å². The van der Waals surface area contributed by atoms with Crippen LogP contribution in [-0.2, 0) is 4.74 Å². The predicted molar refractivity (Wildman–Crippen MR) is 80.4 cm³/mol. The predicted octanol–water partition coefficient (Wildman–Crippen LogP) is 1.69. The summed E-state index contributed by atoms with van der Waals surface area (Å²) < 4.78 is 19.6. The molecule has 2 rings (SSSR count). The van der Waals surface area contributed by atoms with Gasteiger partial charge >= 0.3 is 0 Å². The molecule has 1 heterocycles. The summed E-state index contributed by atoms with van der Waals surface area (Å²) in [6.07, 6.45) is 1.96. The van der Waals surface area contributed by atoms with Crippen molar-refractivity contribution in [3.63, 3.8) is 0 Å². The Hall–Kier alpha value is -1.01. The average Bonchev–Trinajstić information content (AvgIpc) is 2.48. The number of nitrogens with zero attached hydrogens (tertiary/aromatic N) is 1. The monoisotopic (exact) mass is 296 g/mol. The smallest absolute Gasteiger partial charge is 0.128 e. The number of aliphatic hydroxyl groups excluding tert-OH is 1. The van der Waals surface area contributed by atoms with Crippen LogP contribution in [0.2, 0.25) is 0 Å². The molecule has 1 aromatic rings. The van der Waals surface area contributed by atoms with E-state index in [-0.39, 0.29) is 30.6 Å². The van der Waals surface area contributed by atoms with Gasteiger partial charge in [0.25, 0.3) is 0 Å². The molecule has 0 bridgehead atoms. The van der Waals surface area contributed by atoms with Gasteiger partial charge in [-0.2, -0.15) is 0 Å². The molecule has 1 aliphatic heterocycles. The molecule has 1 saturated heterocycles. The van der Waals surface area contributed by atoms with Crippen LogP contribution in [0.3, 0.4) is 0 Å². The third-order valence-corrected chi connectivity index (χ3v) is 4.04. The fraction of sp³-hybridized carbons (Fsp3) is 0.625. The number of halogens is 1. The highest BCUT2D eigenvalue weighted by Gasteiger charge is 2.30. The molecule has 0 aliphatic carbocycles. The van der Waals surface area contributed by atoms with E-state index in [9.17, 15) is 4.39 Å². The Morgan fingerprint density at radius 2 is 2.05 bits per heavy atom. The molecule has 0 amide bonds. The third-order valence-electron chi connectivity index (χ3n) is 4.04. The van der Waals surface area contributed by atoms with E-state index in [1.807, 2.05) is 19.1 Å². The number of benzene rings is 1. The Morgan fingerprint density at radius 1 is 1.38 bits per heavy atom. The molecule has 118 valence electrons. The molecule has 1 fully saturated rings. The second kappa shape index (κ2) is 7.84. The largest absolute Gasteiger partial charge is 0.394 e. The number of hydrogen-bond acceptors (Lipinski definition) is 4. The van der Waals surface area contributed by atoms with E-state index in [0.717, 1.165) is 25.9 Å². The summed E-state index contributed by atoms with van der Waals surface area (Å²) in [7, 11) is 0. The van der Waals surface area contributed by atoms with Gasteiger partial charge in [-0.05, 0) is 25.8 Å². The van der Waals surface area contributed by atoms with Gasteiger partial charge in [-0.25, -0.2) is 4.39 Å². The zero-order valence-electron chi connectivity index (χ0n) is 12.5. The van der Waals surface area contributed by atoms with Crippen molar-refractivity contribution in [3.05, 3.63) is 35.6 Å². The second-order valence-corrected chi connectivity index (χ2v) is 5.66. The van der Waals surface area contributed by atoms with Crippen LogP contribution in [0.15, 0.2) is 24.3 Å². The molecule has 2 unspecified atom stereocenters. The molecule has 4 nitrogen and oxygen atoms in total. The summed E-state index contributed by atoms with van der Waals surface area (Å²) in [5.41, 5.74) is 6.78. The number of aliphatic hydroxyl groups is 1. The first-order chi connectivity index (χ1) is 10.1. The fourth-order valence-corrected chi connectivity index (χ4v) is 3.07. The zero-order chi connectivity index (χ0) is 15.2. The Bertz CT molecular complexity index is 434. The number of piperidine rings is 1. The minimum Gasteiger partial charge on any atom is -0.394 e. The maximum Gasteiger partial charge on any atom is 0.128 e. The average molecular weight is 296 g/mol. The molecule has 1 aliphatic rings. The Balaban J connectivity index is 2.03. The van der Waals surface area contributed by atoms with Gasteiger partial charge in [0.1, 0.15) is 5.82 Å². The van der Waals surface area contributed by atoms with Gasteiger partial charge < -0.3 is 15.6 Å². The van der Waals surface area contributed by atoms with Crippen LogP contribution in [0.5, 0.6) is 0 Å². The minimum atomic E-state index is -0.196. The lowest BCUT2D eigenvalue weighted by Gasteiger charge is -2.39. The molecule has 0 spiro atoms. The van der Waals surface area contributed by atoms with E-state index in [0.29, 0.717) is 12.2 Å². The van der Waals surface area contributed by atoms with Crippen LogP contribution in [-0.4, -0.2) is 48.5 Å². The SMILES string of the molecule is CC(N)C(c1ccccc1F)N1CCC(OCCO)CC1. The molecule has 0 saturated carbocycles. The lowest BCUT2D eigenvalue weighted by Crippen LogP contribution is -2.45. The molecule has 2 atom stereocenters. The fourth-order valence-electron chi connectivity index (χ4n) is 3.07. The van der Waals surface area contributed by atoms with E-state index < -0.39 is 0 Å². The highest BCUT2D eigenvalue weighted by molar-refractivity contribution is 5.23. The number of hydrogen-bond donors (Lipinski definition) is 2. The first-order valence-corrected chi connectivity index (χ1v) is 7.60. The highest BCUT2D eigenvalue weighted by Crippen LogP contribution is 2.29. The molecule has 0 radical (unpaired) electrons. The van der Waals surface area contributed by atoms with Gasteiger partial charge in [0, 0.05) is 24.7 Å². The van der Waals surface area contributed by atoms with Crippen LogP contribution in [0, 0.1) is 5.82 Å². The van der Waals surface area contributed by atoms with Gasteiger partial charge in [0.2, 0.25) is 0 Å². The van der Waals surface area contributed by atoms with Crippen molar-refractivity contribution in [2.75, 3.05) is 26.3 Å². The van der Waals surface area contributed by atoms with E-state index in [1.165, 1.54) is 6.07 Å². The number of nitrogens with two attached hydrogens (primary N) is 1. The Kier molecular flexibility index (Phi) is 6.11. The van der Waals surface area contributed by atoms with Crippen molar-refractivity contribution in [3.8, 4) is 0 Å². The van der Waals surface area contributed by atoms with E-state index in [1.54, 1.807) is 6.07 Å². The zero-order valence-corrected chi connectivity index (χ0v) is 12.5. The summed E-state index contributed by atoms with van der Waals surface area (Å²) in [4.78, 5) is 2.24. The third kappa shape index (κ3) is 4.23. The summed E-state index contributed by atoms with van der Waals surface area (Å²) in [5, 5.41) is 8.80. The molecule has 21 heavy (non-hydrogen) atoms. The van der Waals surface area contributed by atoms with E-state index in [4.69, 9.17) is 15.6 Å². The van der Waals surface area contributed by atoms with E-state index in [2.05, 4.69) is 4.90 Å². The second-order valence-electron chi connectivity index (χ2n) is 5.66. The van der Waals surface area contributed by atoms with Gasteiger partial charge in [-0.15, -0.1) is 0 Å². The summed E-state index contributed by atoms with van der Waals surface area (Å²) in [6.45, 7) is 4.02. The summed E-state index contributed by atoms with van der Waals surface area (Å²) in [6, 6.07) is 6.61. The first-order valence-electron chi connectivity index (χ1n) is 7.60. The standard InChI is InChI=1S/C16H25FN2O2/c1-12(18)16(14-4-2-3-5-15(14)17)19-8-6-13(7-9-19)21-11-10-20/h2-5,12-13,16,20H,6-11,18H2,1H3. The molecule has 5 heteroatoms. The van der Waals surface area contributed by atoms with Crippen LogP contribution in [0.4, 0.5) is 4.39 Å². The quantitative estimate of drug-likeness (QED) is 0.838. The first kappa shape index (κ1) is 16.4. The van der Waals surface area contributed by atoms with Crippen molar-refractivity contribution < 1.29 is 14.2 Å². The van der Waals surface area contributed by atoms with Gasteiger partial charge in [0.05, 0.1) is 25.4 Å². The van der Waals surface area contributed by atoms with Crippen molar-refractivity contribution in [2.45, 2.75) is 38.0 Å². The van der Waals surface area contributed by atoms with Gasteiger partial charge in [-0.3, -0.25) is 4.90 Å². The van der Waals surface area contributed by atoms with Crippen molar-refractivity contribution in [1.82, 2.24) is 4.90 Å². The molecular formula is C16H25FN2O2. The maximum absolute atomic E-state index is 14.1. The lowest BCUT2D eigenvalue weighted by atomic mass is 9.95. The molecule has 3 N–H and O–H groups in total. The number of rotatable bonds is 6. The van der Waals surface area contributed by atoms with E-state index >= 15 is 0 Å². The minimum absolute atomic E-state index is 0.0535. The van der Waals surface area contributed by atoms with Crippen molar-refractivity contribution in [2.24, 2.45) is 5.73 Å². The molecule has 0 aromatic heterocycles. The Morgan fingerprint density at radius 3 is 2.62 bits per heavy atom. The van der Waals surface area contributed by atoms with Crippen molar-refractivity contribution >= 4 is 0 Å². The number of likely N-dealkylation sites (tertiary alicyclic amines) is 1. The van der Waals surface area contributed by atoms with Crippen molar-refractivity contribution in [1.29, 1.82) is 0 Å². The maximum atomic E-state index is 14.1. The van der Waals surface area contributed by atoms with Crippen LogP contribution in [0.25, 0.3) is 0 Å². The normalized spacial score (nSPS) is 20.4.